The molecule has 2 unspecified atom stereocenters. The van der Waals surface area contributed by atoms with Crippen LogP contribution in [0.3, 0.4) is 0 Å². The van der Waals surface area contributed by atoms with Gasteiger partial charge in [0.1, 0.15) is 0 Å². The topological polar surface area (TPSA) is 67.4 Å². The fraction of sp³-hybridized carbons (Fsp3) is 0.682. The van der Waals surface area contributed by atoms with Crippen molar-refractivity contribution in [3.8, 4) is 0 Å². The molecule has 2 fully saturated rings. The Bertz CT molecular complexity index is 649. The van der Waals surface area contributed by atoms with E-state index in [1.807, 2.05) is 18.2 Å². The molecule has 0 amide bonds. The summed E-state index contributed by atoms with van der Waals surface area (Å²) in [6.45, 7) is 8.09. The van der Waals surface area contributed by atoms with Gasteiger partial charge in [-0.25, -0.2) is 0 Å². The number of nitrogens with one attached hydrogen (secondary N) is 2. The zero-order valence-electron chi connectivity index (χ0n) is 17.9. The van der Waals surface area contributed by atoms with E-state index in [0.29, 0.717) is 5.92 Å². The maximum atomic E-state index is 6.51. The average molecular weight is 439 g/mol. The zero-order valence-corrected chi connectivity index (χ0v) is 18.7. The SMILES string of the molecule is CN=C(NCCCOCC1CCOC1)NCC(c1ccccc1Cl)N1CCOCC1. The third kappa shape index (κ3) is 7.39. The van der Waals surface area contributed by atoms with Crippen molar-refractivity contribution in [2.45, 2.75) is 18.9 Å². The van der Waals surface area contributed by atoms with Gasteiger partial charge in [0, 0.05) is 57.4 Å². The molecule has 1 aromatic carbocycles. The van der Waals surface area contributed by atoms with E-state index in [1.165, 1.54) is 0 Å². The van der Waals surface area contributed by atoms with Crippen LogP contribution in [0.25, 0.3) is 0 Å². The van der Waals surface area contributed by atoms with Crippen LogP contribution in [0.5, 0.6) is 0 Å². The molecule has 2 heterocycles. The lowest BCUT2D eigenvalue weighted by Gasteiger charge is -2.35. The second-order valence-electron chi connectivity index (χ2n) is 7.72. The molecule has 0 saturated carbocycles. The molecule has 0 bridgehead atoms. The Morgan fingerprint density at radius 2 is 2.07 bits per heavy atom. The van der Waals surface area contributed by atoms with Gasteiger partial charge in [0.15, 0.2) is 5.96 Å². The van der Waals surface area contributed by atoms with Gasteiger partial charge in [-0.2, -0.15) is 0 Å². The number of benzene rings is 1. The van der Waals surface area contributed by atoms with Crippen molar-refractivity contribution in [2.24, 2.45) is 10.9 Å². The van der Waals surface area contributed by atoms with Crippen molar-refractivity contribution < 1.29 is 14.2 Å². The number of hydrogen-bond acceptors (Lipinski definition) is 5. The van der Waals surface area contributed by atoms with Crippen molar-refractivity contribution in [3.05, 3.63) is 34.9 Å². The summed E-state index contributed by atoms with van der Waals surface area (Å²) in [5.74, 6) is 1.36. The monoisotopic (exact) mass is 438 g/mol. The summed E-state index contributed by atoms with van der Waals surface area (Å²) < 4.78 is 16.7. The lowest BCUT2D eigenvalue weighted by molar-refractivity contribution is 0.0170. The number of hydrogen-bond donors (Lipinski definition) is 2. The number of ether oxygens (including phenoxy) is 3. The highest BCUT2D eigenvalue weighted by Crippen LogP contribution is 2.27. The molecule has 7 nitrogen and oxygen atoms in total. The van der Waals surface area contributed by atoms with Gasteiger partial charge in [-0.15, -0.1) is 0 Å². The Hall–Kier alpha value is -1.38. The van der Waals surface area contributed by atoms with Crippen LogP contribution < -0.4 is 10.6 Å². The molecule has 2 atom stereocenters. The van der Waals surface area contributed by atoms with Gasteiger partial charge in [-0.05, 0) is 24.5 Å². The Morgan fingerprint density at radius 1 is 1.23 bits per heavy atom. The highest BCUT2D eigenvalue weighted by atomic mass is 35.5. The summed E-state index contributed by atoms with van der Waals surface area (Å²) in [5.41, 5.74) is 1.13. The van der Waals surface area contributed by atoms with Crippen LogP contribution in [0.2, 0.25) is 5.02 Å². The smallest absolute Gasteiger partial charge is 0.191 e. The lowest BCUT2D eigenvalue weighted by Crippen LogP contribution is -2.46. The summed E-state index contributed by atoms with van der Waals surface area (Å²) >= 11 is 6.51. The highest BCUT2D eigenvalue weighted by Gasteiger charge is 2.24. The highest BCUT2D eigenvalue weighted by molar-refractivity contribution is 6.31. The third-order valence-electron chi connectivity index (χ3n) is 5.57. The van der Waals surface area contributed by atoms with Crippen molar-refractivity contribution >= 4 is 17.6 Å². The Morgan fingerprint density at radius 3 is 2.80 bits per heavy atom. The molecule has 3 rings (SSSR count). The zero-order chi connectivity index (χ0) is 21.0. The molecular formula is C22H35ClN4O3. The van der Waals surface area contributed by atoms with Gasteiger partial charge >= 0.3 is 0 Å². The molecule has 30 heavy (non-hydrogen) atoms. The van der Waals surface area contributed by atoms with Crippen LogP contribution >= 0.6 is 11.6 Å². The van der Waals surface area contributed by atoms with Crippen molar-refractivity contribution in [1.29, 1.82) is 0 Å². The van der Waals surface area contributed by atoms with Crippen LogP contribution in [0.15, 0.2) is 29.3 Å². The van der Waals surface area contributed by atoms with Crippen molar-refractivity contribution in [3.63, 3.8) is 0 Å². The number of guanidine groups is 1. The summed E-state index contributed by atoms with van der Waals surface area (Å²) in [6, 6.07) is 8.23. The standard InChI is InChI=1S/C22H35ClN4O3/c1-24-22(25-8-4-11-29-16-18-7-12-30-17-18)26-15-21(27-9-13-28-14-10-27)19-5-2-3-6-20(19)23/h2-3,5-6,18,21H,4,7-17H2,1H3,(H2,24,25,26). The maximum Gasteiger partial charge on any atom is 0.191 e. The molecule has 2 aliphatic heterocycles. The van der Waals surface area contributed by atoms with Gasteiger partial charge < -0.3 is 24.8 Å². The number of rotatable bonds is 10. The Kier molecular flexibility index (Phi) is 10.2. The van der Waals surface area contributed by atoms with Gasteiger partial charge in [-0.3, -0.25) is 9.89 Å². The molecular weight excluding hydrogens is 404 g/mol. The minimum absolute atomic E-state index is 0.165. The first kappa shape index (κ1) is 23.3. The largest absolute Gasteiger partial charge is 0.381 e. The molecule has 168 valence electrons. The molecule has 0 aromatic heterocycles. The predicted molar refractivity (Wildman–Crippen MR) is 120 cm³/mol. The summed E-state index contributed by atoms with van der Waals surface area (Å²) in [5, 5.41) is 7.64. The first-order chi connectivity index (χ1) is 14.8. The minimum Gasteiger partial charge on any atom is -0.381 e. The molecule has 0 spiro atoms. The summed E-state index contributed by atoms with van der Waals surface area (Å²) in [7, 11) is 1.80. The molecule has 2 saturated heterocycles. The van der Waals surface area contributed by atoms with E-state index in [2.05, 4.69) is 26.6 Å². The summed E-state index contributed by atoms with van der Waals surface area (Å²) in [4.78, 5) is 6.79. The number of nitrogens with zero attached hydrogens (tertiary/aromatic N) is 2. The van der Waals surface area contributed by atoms with E-state index in [4.69, 9.17) is 25.8 Å². The average Bonchev–Trinajstić information content (AvgIpc) is 3.30. The number of aliphatic imine (C=N–C) groups is 1. The van der Waals surface area contributed by atoms with Crippen LogP contribution in [-0.4, -0.2) is 83.7 Å². The molecule has 2 aliphatic rings. The Balaban J connectivity index is 1.42. The van der Waals surface area contributed by atoms with Crippen LogP contribution in [0, 0.1) is 5.92 Å². The van der Waals surface area contributed by atoms with E-state index in [-0.39, 0.29) is 6.04 Å². The van der Waals surface area contributed by atoms with Gasteiger partial charge in [0.2, 0.25) is 0 Å². The normalized spacial score (nSPS) is 21.5. The quantitative estimate of drug-likeness (QED) is 0.332. The van der Waals surface area contributed by atoms with Crippen molar-refractivity contribution in [1.82, 2.24) is 15.5 Å². The maximum absolute atomic E-state index is 6.51. The summed E-state index contributed by atoms with van der Waals surface area (Å²) in [6.07, 6.45) is 2.05. The molecule has 1 aromatic rings. The van der Waals surface area contributed by atoms with Gasteiger partial charge in [-0.1, -0.05) is 29.8 Å². The fourth-order valence-electron chi connectivity index (χ4n) is 3.83. The predicted octanol–water partition coefficient (Wildman–Crippen LogP) is 2.32. The Labute approximate surface area is 185 Å². The number of halogens is 1. The van der Waals surface area contributed by atoms with E-state index in [1.54, 1.807) is 7.05 Å². The molecule has 0 aliphatic carbocycles. The molecule has 0 radical (unpaired) electrons. The minimum atomic E-state index is 0.165. The van der Waals surface area contributed by atoms with Gasteiger partial charge in [0.25, 0.3) is 0 Å². The van der Waals surface area contributed by atoms with Crippen LogP contribution in [-0.2, 0) is 14.2 Å². The van der Waals surface area contributed by atoms with E-state index >= 15 is 0 Å². The van der Waals surface area contributed by atoms with Crippen molar-refractivity contribution in [2.75, 3.05) is 72.9 Å². The number of morpholine rings is 1. The van der Waals surface area contributed by atoms with E-state index < -0.39 is 0 Å². The third-order valence-corrected chi connectivity index (χ3v) is 5.92. The second-order valence-corrected chi connectivity index (χ2v) is 8.13. The van der Waals surface area contributed by atoms with Crippen LogP contribution in [0.4, 0.5) is 0 Å². The molecule has 2 N–H and O–H groups in total. The fourth-order valence-corrected chi connectivity index (χ4v) is 4.09. The van der Waals surface area contributed by atoms with E-state index in [0.717, 1.165) is 95.2 Å². The van der Waals surface area contributed by atoms with Crippen LogP contribution in [0.1, 0.15) is 24.4 Å². The van der Waals surface area contributed by atoms with Gasteiger partial charge in [0.05, 0.1) is 32.5 Å². The lowest BCUT2D eigenvalue weighted by atomic mass is 10.0. The second kappa shape index (κ2) is 13.1. The van der Waals surface area contributed by atoms with E-state index in [9.17, 15) is 0 Å². The first-order valence-corrected chi connectivity index (χ1v) is 11.3. The molecule has 8 heteroatoms. The first-order valence-electron chi connectivity index (χ1n) is 10.9.